The Kier molecular flexibility index (Phi) is 3.40. The fourth-order valence-corrected chi connectivity index (χ4v) is 1.89. The zero-order valence-corrected chi connectivity index (χ0v) is 9.50. The Morgan fingerprint density at radius 3 is 2.71 bits per heavy atom. The van der Waals surface area contributed by atoms with Crippen LogP contribution < -0.4 is 5.69 Å². The lowest BCUT2D eigenvalue weighted by atomic mass is 10.1. The maximum atomic E-state index is 11.6. The van der Waals surface area contributed by atoms with Crippen LogP contribution >= 0.6 is 12.2 Å². The van der Waals surface area contributed by atoms with E-state index < -0.39 is 36.8 Å². The van der Waals surface area contributed by atoms with E-state index in [0.717, 1.165) is 4.57 Å². The lowest BCUT2D eigenvalue weighted by Gasteiger charge is -2.16. The van der Waals surface area contributed by atoms with Crippen molar-refractivity contribution in [3.63, 3.8) is 0 Å². The predicted molar refractivity (Wildman–Crippen MR) is 58.9 cm³/mol. The molecule has 0 bridgehead atoms. The van der Waals surface area contributed by atoms with Crippen molar-refractivity contribution in [2.24, 2.45) is 0 Å². The molecule has 0 amide bonds. The molecule has 1 aliphatic rings. The fourth-order valence-electron chi connectivity index (χ4n) is 1.74. The summed E-state index contributed by atoms with van der Waals surface area (Å²) in [6.45, 7) is -0.438. The predicted octanol–water partition coefficient (Wildman–Crippen LogP) is -1.48. The van der Waals surface area contributed by atoms with Crippen molar-refractivity contribution in [1.82, 2.24) is 9.55 Å². The van der Waals surface area contributed by atoms with Gasteiger partial charge in [0.05, 0.1) is 6.61 Å². The van der Waals surface area contributed by atoms with Gasteiger partial charge in [0.2, 0.25) is 0 Å². The summed E-state index contributed by atoms with van der Waals surface area (Å²) in [7, 11) is 0. The van der Waals surface area contributed by atoms with Crippen molar-refractivity contribution in [3.05, 3.63) is 27.4 Å². The molecule has 0 radical (unpaired) electrons. The Morgan fingerprint density at radius 1 is 1.47 bits per heavy atom. The zero-order valence-electron chi connectivity index (χ0n) is 8.68. The Bertz CT molecular complexity index is 513. The van der Waals surface area contributed by atoms with Crippen LogP contribution in [0.15, 0.2) is 17.1 Å². The van der Waals surface area contributed by atoms with Crippen molar-refractivity contribution in [1.29, 1.82) is 0 Å². The molecule has 0 saturated carbocycles. The molecule has 2 rings (SSSR count). The molecular weight excluding hydrogens is 248 g/mol. The summed E-state index contributed by atoms with van der Waals surface area (Å²) in [5, 5.41) is 28.2. The van der Waals surface area contributed by atoms with E-state index in [0.29, 0.717) is 0 Å². The molecule has 17 heavy (non-hydrogen) atoms. The molecule has 1 aromatic rings. The van der Waals surface area contributed by atoms with Gasteiger partial charge in [-0.25, -0.2) is 4.79 Å². The Hall–Kier alpha value is -1.06. The molecule has 1 aromatic heterocycles. The summed E-state index contributed by atoms with van der Waals surface area (Å²) >= 11 is 4.77. The van der Waals surface area contributed by atoms with E-state index in [1.54, 1.807) is 0 Å². The highest BCUT2D eigenvalue weighted by atomic mass is 32.1. The highest BCUT2D eigenvalue weighted by molar-refractivity contribution is 7.71. The Morgan fingerprint density at radius 2 is 2.18 bits per heavy atom. The second-order valence-corrected chi connectivity index (χ2v) is 4.19. The van der Waals surface area contributed by atoms with E-state index in [9.17, 15) is 15.0 Å². The number of aromatic amines is 1. The molecule has 94 valence electrons. The highest BCUT2D eigenvalue weighted by Crippen LogP contribution is 2.27. The summed E-state index contributed by atoms with van der Waals surface area (Å²) in [4.78, 5) is 14.0. The first-order valence-corrected chi connectivity index (χ1v) is 5.39. The number of rotatable bonds is 2. The number of aliphatic hydroxyl groups is 3. The molecule has 0 aliphatic carbocycles. The van der Waals surface area contributed by atoms with Crippen molar-refractivity contribution in [2.45, 2.75) is 24.5 Å². The summed E-state index contributed by atoms with van der Waals surface area (Å²) in [5.74, 6) is 0. The van der Waals surface area contributed by atoms with Crippen LogP contribution in [0.25, 0.3) is 0 Å². The lowest BCUT2D eigenvalue weighted by molar-refractivity contribution is -0.0550. The van der Waals surface area contributed by atoms with Crippen molar-refractivity contribution in [3.8, 4) is 0 Å². The molecule has 0 aromatic carbocycles. The maximum absolute atomic E-state index is 11.6. The van der Waals surface area contributed by atoms with Crippen LogP contribution in [0, 0.1) is 4.64 Å². The molecule has 7 nitrogen and oxygen atoms in total. The van der Waals surface area contributed by atoms with Gasteiger partial charge in [-0.2, -0.15) is 0 Å². The van der Waals surface area contributed by atoms with Gasteiger partial charge in [-0.3, -0.25) is 9.55 Å². The minimum absolute atomic E-state index is 0.262. The first-order valence-electron chi connectivity index (χ1n) is 4.98. The van der Waals surface area contributed by atoms with E-state index >= 15 is 0 Å². The highest BCUT2D eigenvalue weighted by Gasteiger charge is 2.43. The van der Waals surface area contributed by atoms with E-state index in [-0.39, 0.29) is 4.64 Å². The van der Waals surface area contributed by atoms with Gasteiger partial charge in [0.1, 0.15) is 23.0 Å². The smallest absolute Gasteiger partial charge is 0.328 e. The SMILES string of the molecule is O=c1[nH]c(=S)ccn1[C@@H]1O[C@H](CO)[C@H](O)[C@@H]1O. The van der Waals surface area contributed by atoms with Gasteiger partial charge in [0, 0.05) is 6.20 Å². The van der Waals surface area contributed by atoms with Crippen LogP contribution in [0.4, 0.5) is 0 Å². The number of ether oxygens (including phenoxy) is 1. The maximum Gasteiger partial charge on any atom is 0.328 e. The number of aromatic nitrogens is 2. The van der Waals surface area contributed by atoms with Crippen LogP contribution in [-0.4, -0.2) is 49.8 Å². The van der Waals surface area contributed by atoms with Crippen molar-refractivity contribution >= 4 is 12.2 Å². The van der Waals surface area contributed by atoms with Crippen molar-refractivity contribution < 1.29 is 20.1 Å². The number of H-pyrrole nitrogens is 1. The van der Waals surface area contributed by atoms with Gasteiger partial charge in [-0.05, 0) is 6.07 Å². The van der Waals surface area contributed by atoms with Crippen LogP contribution in [0.1, 0.15) is 6.23 Å². The molecular formula is C9H12N2O5S. The van der Waals surface area contributed by atoms with Gasteiger partial charge in [0.25, 0.3) is 0 Å². The monoisotopic (exact) mass is 260 g/mol. The minimum atomic E-state index is -1.28. The number of aliphatic hydroxyl groups excluding tert-OH is 3. The van der Waals surface area contributed by atoms with Gasteiger partial charge in [0.15, 0.2) is 6.23 Å². The molecule has 0 spiro atoms. The Labute approximate surface area is 101 Å². The third-order valence-electron chi connectivity index (χ3n) is 2.64. The molecule has 4 N–H and O–H groups in total. The topological polar surface area (TPSA) is 108 Å². The Balaban J connectivity index is 2.35. The second-order valence-electron chi connectivity index (χ2n) is 3.75. The number of nitrogens with one attached hydrogen (secondary N) is 1. The van der Waals surface area contributed by atoms with Crippen molar-refractivity contribution in [2.75, 3.05) is 6.61 Å². The number of nitrogens with zero attached hydrogens (tertiary/aromatic N) is 1. The van der Waals surface area contributed by atoms with Gasteiger partial charge < -0.3 is 20.1 Å². The summed E-state index contributed by atoms with van der Waals surface area (Å²) in [6, 6.07) is 1.46. The number of hydrogen-bond donors (Lipinski definition) is 4. The first kappa shape index (κ1) is 12.4. The average molecular weight is 260 g/mol. The van der Waals surface area contributed by atoms with E-state index in [4.69, 9.17) is 22.1 Å². The molecule has 1 fully saturated rings. The molecule has 2 heterocycles. The third kappa shape index (κ3) is 2.17. The van der Waals surface area contributed by atoms with Gasteiger partial charge in [-0.1, -0.05) is 12.2 Å². The molecule has 8 heteroatoms. The summed E-state index contributed by atoms with van der Waals surface area (Å²) in [5.41, 5.74) is -0.549. The van der Waals surface area contributed by atoms with Gasteiger partial charge >= 0.3 is 5.69 Å². The quantitative estimate of drug-likeness (QED) is 0.483. The molecule has 1 saturated heterocycles. The molecule has 4 atom stereocenters. The molecule has 1 aliphatic heterocycles. The normalized spacial score (nSPS) is 32.9. The standard InChI is InChI=1S/C9H12N2O5S/c12-3-4-6(13)7(14)8(16-4)11-2-1-5(17)10-9(11)15/h1-2,4,6-8,12-14H,3H2,(H,10,15,17)/t4-,6+,7+,8-/m1/s1. The first-order chi connectivity index (χ1) is 8.04. The molecule has 0 unspecified atom stereocenters. The van der Waals surface area contributed by atoms with Crippen LogP contribution in [0.5, 0.6) is 0 Å². The van der Waals surface area contributed by atoms with E-state index in [2.05, 4.69) is 4.98 Å². The summed E-state index contributed by atoms with van der Waals surface area (Å²) in [6.07, 6.45) is -3.11. The van der Waals surface area contributed by atoms with Crippen LogP contribution in [-0.2, 0) is 4.74 Å². The van der Waals surface area contributed by atoms with Crippen LogP contribution in [0.2, 0.25) is 0 Å². The van der Waals surface area contributed by atoms with Crippen LogP contribution in [0.3, 0.4) is 0 Å². The lowest BCUT2D eigenvalue weighted by Crippen LogP contribution is -2.35. The zero-order chi connectivity index (χ0) is 12.6. The fraction of sp³-hybridized carbons (Fsp3) is 0.556. The van der Waals surface area contributed by atoms with Gasteiger partial charge in [-0.15, -0.1) is 0 Å². The third-order valence-corrected chi connectivity index (χ3v) is 2.88. The number of hydrogen-bond acceptors (Lipinski definition) is 6. The average Bonchev–Trinajstić information content (AvgIpc) is 2.57. The van der Waals surface area contributed by atoms with E-state index in [1.807, 2.05) is 0 Å². The van der Waals surface area contributed by atoms with E-state index in [1.165, 1.54) is 12.3 Å². The minimum Gasteiger partial charge on any atom is -0.394 e. The summed E-state index contributed by atoms with van der Waals surface area (Å²) < 4.78 is 6.55. The second kappa shape index (κ2) is 4.67. The largest absolute Gasteiger partial charge is 0.394 e.